The molecule has 24 heavy (non-hydrogen) atoms. The summed E-state index contributed by atoms with van der Waals surface area (Å²) in [4.78, 5) is 14.5. The molecule has 1 aromatic carbocycles. The zero-order valence-corrected chi connectivity index (χ0v) is 14.8. The van der Waals surface area contributed by atoms with Crippen molar-refractivity contribution in [3.05, 3.63) is 29.8 Å². The standard InChI is InChI=1S/C17H25N3O3S/c1-20(15-9-10-18-12-15)17(21)13-5-4-8-16(11-13)24(22,23)19-14-6-2-3-7-14/h4-5,8,11,14-15,18-19H,2-3,6-7,9-10,12H2,1H3. The van der Waals surface area contributed by atoms with Crippen molar-refractivity contribution in [1.29, 1.82) is 0 Å². The third kappa shape index (κ3) is 3.79. The topological polar surface area (TPSA) is 78.5 Å². The zero-order chi connectivity index (χ0) is 17.2. The van der Waals surface area contributed by atoms with Crippen molar-refractivity contribution in [2.45, 2.75) is 49.1 Å². The van der Waals surface area contributed by atoms with E-state index in [4.69, 9.17) is 0 Å². The molecule has 1 aromatic rings. The van der Waals surface area contributed by atoms with E-state index in [0.29, 0.717) is 5.56 Å². The van der Waals surface area contributed by atoms with E-state index < -0.39 is 10.0 Å². The summed E-state index contributed by atoms with van der Waals surface area (Å²) < 4.78 is 27.8. The maximum Gasteiger partial charge on any atom is 0.253 e. The number of amides is 1. The second kappa shape index (κ2) is 7.21. The summed E-state index contributed by atoms with van der Waals surface area (Å²) in [5.41, 5.74) is 0.415. The molecule has 0 aromatic heterocycles. The van der Waals surface area contributed by atoms with Gasteiger partial charge in [0.05, 0.1) is 4.90 Å². The second-order valence-corrected chi connectivity index (χ2v) is 8.41. The minimum Gasteiger partial charge on any atom is -0.337 e. The van der Waals surface area contributed by atoms with E-state index in [-0.39, 0.29) is 22.9 Å². The van der Waals surface area contributed by atoms with E-state index in [2.05, 4.69) is 10.0 Å². The molecule has 0 bridgehead atoms. The summed E-state index contributed by atoms with van der Waals surface area (Å²) in [5, 5.41) is 3.24. The highest BCUT2D eigenvalue weighted by atomic mass is 32.2. The molecular weight excluding hydrogens is 326 g/mol. The van der Waals surface area contributed by atoms with Crippen LogP contribution in [0, 0.1) is 0 Å². The van der Waals surface area contributed by atoms with E-state index in [1.807, 2.05) is 0 Å². The number of benzene rings is 1. The molecule has 1 amide bonds. The zero-order valence-electron chi connectivity index (χ0n) is 14.0. The molecule has 1 unspecified atom stereocenters. The molecule has 132 valence electrons. The Morgan fingerprint density at radius 3 is 2.67 bits per heavy atom. The Hall–Kier alpha value is -1.44. The van der Waals surface area contributed by atoms with Gasteiger partial charge in [-0.25, -0.2) is 13.1 Å². The fraction of sp³-hybridized carbons (Fsp3) is 0.588. The molecule has 0 radical (unpaired) electrons. The van der Waals surface area contributed by atoms with E-state index in [1.165, 1.54) is 6.07 Å². The molecule has 1 heterocycles. The molecule has 1 saturated heterocycles. The van der Waals surface area contributed by atoms with Gasteiger partial charge < -0.3 is 10.2 Å². The average Bonchev–Trinajstić information content (AvgIpc) is 3.26. The Kier molecular flexibility index (Phi) is 5.22. The Morgan fingerprint density at radius 1 is 1.25 bits per heavy atom. The van der Waals surface area contributed by atoms with Gasteiger partial charge in [-0.3, -0.25) is 4.79 Å². The van der Waals surface area contributed by atoms with Gasteiger partial charge in [-0.15, -0.1) is 0 Å². The maximum absolute atomic E-state index is 12.6. The van der Waals surface area contributed by atoms with Crippen molar-refractivity contribution >= 4 is 15.9 Å². The molecule has 6 nitrogen and oxygen atoms in total. The molecule has 1 aliphatic carbocycles. The van der Waals surface area contributed by atoms with Crippen LogP contribution >= 0.6 is 0 Å². The van der Waals surface area contributed by atoms with Crippen LogP contribution < -0.4 is 10.0 Å². The number of nitrogens with one attached hydrogen (secondary N) is 2. The number of likely N-dealkylation sites (N-methyl/N-ethyl adjacent to an activating group) is 1. The minimum absolute atomic E-state index is 0.0154. The largest absolute Gasteiger partial charge is 0.337 e. The van der Waals surface area contributed by atoms with Crippen LogP contribution in [0.4, 0.5) is 0 Å². The smallest absolute Gasteiger partial charge is 0.253 e. The number of carbonyl (C=O) groups is 1. The SMILES string of the molecule is CN(C(=O)c1cccc(S(=O)(=O)NC2CCCC2)c1)C1CCNC1. The predicted molar refractivity (Wildman–Crippen MR) is 92.4 cm³/mol. The lowest BCUT2D eigenvalue weighted by atomic mass is 10.1. The van der Waals surface area contributed by atoms with Crippen LogP contribution in [-0.4, -0.2) is 51.4 Å². The molecule has 2 fully saturated rings. The minimum atomic E-state index is -3.58. The third-order valence-electron chi connectivity index (χ3n) is 4.97. The molecule has 0 spiro atoms. The van der Waals surface area contributed by atoms with Gasteiger partial charge in [0, 0.05) is 31.2 Å². The Morgan fingerprint density at radius 2 is 2.00 bits per heavy atom. The Bertz CT molecular complexity index is 693. The summed E-state index contributed by atoms with van der Waals surface area (Å²) in [7, 11) is -1.80. The van der Waals surface area contributed by atoms with Crippen molar-refractivity contribution in [2.24, 2.45) is 0 Å². The van der Waals surface area contributed by atoms with Crippen LogP contribution in [0.1, 0.15) is 42.5 Å². The summed E-state index contributed by atoms with van der Waals surface area (Å²) in [6, 6.07) is 6.52. The van der Waals surface area contributed by atoms with Crippen LogP contribution in [0.2, 0.25) is 0 Å². The highest BCUT2D eigenvalue weighted by Crippen LogP contribution is 2.21. The molecule has 3 rings (SSSR count). The van der Waals surface area contributed by atoms with Crippen molar-refractivity contribution in [2.75, 3.05) is 20.1 Å². The maximum atomic E-state index is 12.6. The fourth-order valence-electron chi connectivity index (χ4n) is 3.47. The first-order valence-electron chi connectivity index (χ1n) is 8.57. The van der Waals surface area contributed by atoms with Crippen molar-refractivity contribution in [1.82, 2.24) is 14.9 Å². The van der Waals surface area contributed by atoms with Gasteiger partial charge in [-0.05, 0) is 44.0 Å². The quantitative estimate of drug-likeness (QED) is 0.839. The molecule has 2 aliphatic rings. The van der Waals surface area contributed by atoms with Gasteiger partial charge in [-0.1, -0.05) is 18.9 Å². The number of nitrogens with zero attached hydrogens (tertiary/aromatic N) is 1. The third-order valence-corrected chi connectivity index (χ3v) is 6.49. The summed E-state index contributed by atoms with van der Waals surface area (Å²) in [6.45, 7) is 1.69. The average molecular weight is 351 g/mol. The van der Waals surface area contributed by atoms with Crippen LogP contribution in [0.3, 0.4) is 0 Å². The van der Waals surface area contributed by atoms with Gasteiger partial charge in [0.1, 0.15) is 0 Å². The first-order chi connectivity index (χ1) is 11.5. The van der Waals surface area contributed by atoms with Crippen molar-refractivity contribution in [3.8, 4) is 0 Å². The summed E-state index contributed by atoms with van der Waals surface area (Å²) >= 11 is 0. The molecular formula is C17H25N3O3S. The lowest BCUT2D eigenvalue weighted by Crippen LogP contribution is -2.38. The molecule has 1 atom stereocenters. The first kappa shape index (κ1) is 17.4. The van der Waals surface area contributed by atoms with Gasteiger partial charge in [-0.2, -0.15) is 0 Å². The van der Waals surface area contributed by atoms with Crippen LogP contribution in [-0.2, 0) is 10.0 Å². The van der Waals surface area contributed by atoms with Gasteiger partial charge in [0.2, 0.25) is 10.0 Å². The fourth-order valence-corrected chi connectivity index (χ4v) is 4.82. The molecule has 2 N–H and O–H groups in total. The van der Waals surface area contributed by atoms with Crippen molar-refractivity contribution < 1.29 is 13.2 Å². The highest BCUT2D eigenvalue weighted by molar-refractivity contribution is 7.89. The first-order valence-corrected chi connectivity index (χ1v) is 10.1. The lowest BCUT2D eigenvalue weighted by Gasteiger charge is -2.24. The van der Waals surface area contributed by atoms with E-state index in [1.54, 1.807) is 30.1 Å². The lowest BCUT2D eigenvalue weighted by molar-refractivity contribution is 0.0743. The molecule has 1 aliphatic heterocycles. The number of sulfonamides is 1. The van der Waals surface area contributed by atoms with Gasteiger partial charge >= 0.3 is 0 Å². The number of rotatable bonds is 5. The van der Waals surface area contributed by atoms with Crippen LogP contribution in [0.5, 0.6) is 0 Å². The Labute approximate surface area is 143 Å². The second-order valence-electron chi connectivity index (χ2n) is 6.69. The Balaban J connectivity index is 1.76. The van der Waals surface area contributed by atoms with Crippen LogP contribution in [0.25, 0.3) is 0 Å². The molecule has 7 heteroatoms. The summed E-state index contributed by atoms with van der Waals surface area (Å²) in [6.07, 6.45) is 4.81. The van der Waals surface area contributed by atoms with Crippen LogP contribution in [0.15, 0.2) is 29.2 Å². The van der Waals surface area contributed by atoms with Gasteiger partial charge in [0.25, 0.3) is 5.91 Å². The number of hydrogen-bond acceptors (Lipinski definition) is 4. The summed E-state index contributed by atoms with van der Waals surface area (Å²) in [5.74, 6) is -0.137. The monoisotopic (exact) mass is 351 g/mol. The van der Waals surface area contributed by atoms with E-state index in [0.717, 1.165) is 45.2 Å². The normalized spacial score (nSPS) is 22.0. The van der Waals surface area contributed by atoms with E-state index >= 15 is 0 Å². The number of hydrogen-bond donors (Lipinski definition) is 2. The highest BCUT2D eigenvalue weighted by Gasteiger charge is 2.26. The van der Waals surface area contributed by atoms with Crippen molar-refractivity contribution in [3.63, 3.8) is 0 Å². The van der Waals surface area contributed by atoms with Gasteiger partial charge in [0.15, 0.2) is 0 Å². The predicted octanol–water partition coefficient (Wildman–Crippen LogP) is 1.34. The number of carbonyl (C=O) groups excluding carboxylic acids is 1. The molecule has 1 saturated carbocycles. The van der Waals surface area contributed by atoms with E-state index in [9.17, 15) is 13.2 Å².